The molecule has 2 N–H and O–H groups in total. The molecule has 112 valence electrons. The van der Waals surface area contributed by atoms with E-state index in [4.69, 9.17) is 5.73 Å². The molecule has 6 nitrogen and oxygen atoms in total. The van der Waals surface area contributed by atoms with Crippen molar-refractivity contribution in [1.29, 1.82) is 0 Å². The highest BCUT2D eigenvalue weighted by molar-refractivity contribution is 7.89. The number of nitrogens with two attached hydrogens (primary N) is 1. The van der Waals surface area contributed by atoms with E-state index in [9.17, 15) is 13.2 Å². The number of rotatable bonds is 6. The van der Waals surface area contributed by atoms with E-state index in [1.165, 1.54) is 11.4 Å². The quantitative estimate of drug-likeness (QED) is 0.712. The van der Waals surface area contributed by atoms with Gasteiger partial charge in [-0.3, -0.25) is 4.79 Å². The normalized spacial score (nSPS) is 25.2. The van der Waals surface area contributed by atoms with Crippen molar-refractivity contribution in [2.75, 3.05) is 26.0 Å². The molecule has 2 unspecified atom stereocenters. The monoisotopic (exact) mass is 292 g/mol. The van der Waals surface area contributed by atoms with Crippen LogP contribution in [-0.2, 0) is 19.6 Å². The van der Waals surface area contributed by atoms with Crippen LogP contribution in [-0.4, -0.2) is 50.7 Å². The molecule has 2 atom stereocenters. The predicted molar refractivity (Wildman–Crippen MR) is 73.0 cm³/mol. The van der Waals surface area contributed by atoms with E-state index in [1.54, 1.807) is 0 Å². The van der Waals surface area contributed by atoms with Gasteiger partial charge >= 0.3 is 5.97 Å². The van der Waals surface area contributed by atoms with Crippen LogP contribution in [0.5, 0.6) is 0 Å². The molecular formula is C12H24N2O4S. The third-order valence-corrected chi connectivity index (χ3v) is 5.61. The van der Waals surface area contributed by atoms with E-state index < -0.39 is 10.0 Å². The first-order valence-electron chi connectivity index (χ1n) is 6.71. The largest absolute Gasteiger partial charge is 0.469 e. The maximum atomic E-state index is 12.2. The fraction of sp³-hybridized carbons (Fsp3) is 0.917. The van der Waals surface area contributed by atoms with Crippen LogP contribution in [0.15, 0.2) is 0 Å². The number of esters is 1. The van der Waals surface area contributed by atoms with Crippen LogP contribution in [0.3, 0.4) is 0 Å². The highest BCUT2D eigenvalue weighted by atomic mass is 32.2. The Kier molecular flexibility index (Phi) is 6.22. The first-order chi connectivity index (χ1) is 8.90. The smallest absolute Gasteiger partial charge is 0.305 e. The van der Waals surface area contributed by atoms with Gasteiger partial charge in [-0.15, -0.1) is 0 Å². The highest BCUT2D eigenvalue weighted by Crippen LogP contribution is 2.21. The van der Waals surface area contributed by atoms with Crippen LogP contribution in [0.25, 0.3) is 0 Å². The molecule has 1 aliphatic heterocycles. The second-order valence-electron chi connectivity index (χ2n) is 4.97. The zero-order chi connectivity index (χ0) is 14.5. The first kappa shape index (κ1) is 16.4. The van der Waals surface area contributed by atoms with Crippen LogP contribution in [0.1, 0.15) is 32.6 Å². The average Bonchev–Trinajstić information content (AvgIpc) is 2.38. The molecule has 1 saturated heterocycles. The van der Waals surface area contributed by atoms with Crippen molar-refractivity contribution >= 4 is 16.0 Å². The minimum atomic E-state index is -3.28. The number of nitrogens with zero attached hydrogens (tertiary/aromatic N) is 1. The molecule has 7 heteroatoms. The summed E-state index contributed by atoms with van der Waals surface area (Å²) in [4.78, 5) is 11.0. The molecule has 1 heterocycles. The number of carbonyl (C=O) groups is 1. The van der Waals surface area contributed by atoms with E-state index >= 15 is 0 Å². The van der Waals surface area contributed by atoms with Crippen molar-refractivity contribution in [2.24, 2.45) is 11.7 Å². The van der Waals surface area contributed by atoms with Gasteiger partial charge in [0.15, 0.2) is 0 Å². The summed E-state index contributed by atoms with van der Waals surface area (Å²) in [5.74, 6) is -0.153. The fourth-order valence-electron chi connectivity index (χ4n) is 2.33. The molecule has 19 heavy (non-hydrogen) atoms. The van der Waals surface area contributed by atoms with E-state index in [0.717, 1.165) is 6.42 Å². The molecule has 0 aromatic carbocycles. The zero-order valence-corrected chi connectivity index (χ0v) is 12.5. The van der Waals surface area contributed by atoms with Crippen LogP contribution in [0, 0.1) is 5.92 Å². The summed E-state index contributed by atoms with van der Waals surface area (Å²) in [5.41, 5.74) is 5.97. The highest BCUT2D eigenvalue weighted by Gasteiger charge is 2.31. The van der Waals surface area contributed by atoms with E-state index in [0.29, 0.717) is 25.9 Å². The Labute approximate surface area is 115 Å². The Morgan fingerprint density at radius 2 is 2.16 bits per heavy atom. The van der Waals surface area contributed by atoms with Crippen LogP contribution in [0.2, 0.25) is 0 Å². The summed E-state index contributed by atoms with van der Waals surface area (Å²) in [6.45, 7) is 3.01. The Morgan fingerprint density at radius 3 is 2.74 bits per heavy atom. The van der Waals surface area contributed by atoms with Crippen molar-refractivity contribution in [3.8, 4) is 0 Å². The van der Waals surface area contributed by atoms with Gasteiger partial charge in [0.2, 0.25) is 10.0 Å². The van der Waals surface area contributed by atoms with Crippen molar-refractivity contribution in [2.45, 2.75) is 38.6 Å². The summed E-state index contributed by atoms with van der Waals surface area (Å²) >= 11 is 0. The van der Waals surface area contributed by atoms with Crippen LogP contribution < -0.4 is 5.73 Å². The standard InChI is InChI=1S/C12H24N2O4S/c1-3-10-9-14(7-6-11(10)13)19(16,17)8-4-5-12(15)18-2/h10-11H,3-9,13H2,1-2H3. The molecular weight excluding hydrogens is 268 g/mol. The van der Waals surface area contributed by atoms with Gasteiger partial charge in [0.1, 0.15) is 0 Å². The molecule has 0 radical (unpaired) electrons. The molecule has 0 spiro atoms. The lowest BCUT2D eigenvalue weighted by atomic mass is 9.92. The molecule has 0 amide bonds. The van der Waals surface area contributed by atoms with E-state index in [2.05, 4.69) is 4.74 Å². The number of hydrogen-bond acceptors (Lipinski definition) is 5. The third kappa shape index (κ3) is 4.74. The van der Waals surface area contributed by atoms with Crippen molar-refractivity contribution in [1.82, 2.24) is 4.31 Å². The number of ether oxygens (including phenoxy) is 1. The first-order valence-corrected chi connectivity index (χ1v) is 8.31. The summed E-state index contributed by atoms with van der Waals surface area (Å²) in [6.07, 6.45) is 2.03. The minimum absolute atomic E-state index is 0.00618. The SMILES string of the molecule is CCC1CN(S(=O)(=O)CCCC(=O)OC)CCC1N. The maximum absolute atomic E-state index is 12.2. The molecule has 1 rings (SSSR count). The van der Waals surface area contributed by atoms with Crippen LogP contribution >= 0.6 is 0 Å². The van der Waals surface area contributed by atoms with Gasteiger partial charge in [0.05, 0.1) is 12.9 Å². The lowest BCUT2D eigenvalue weighted by Gasteiger charge is -2.35. The van der Waals surface area contributed by atoms with Crippen LogP contribution in [0.4, 0.5) is 0 Å². The van der Waals surface area contributed by atoms with Crippen molar-refractivity contribution in [3.05, 3.63) is 0 Å². The van der Waals surface area contributed by atoms with E-state index in [1.807, 2.05) is 6.92 Å². The second-order valence-corrected chi connectivity index (χ2v) is 7.06. The summed E-state index contributed by atoms with van der Waals surface area (Å²) in [6, 6.07) is 0.0894. The number of hydrogen-bond donors (Lipinski definition) is 1. The molecule has 0 bridgehead atoms. The summed E-state index contributed by atoms with van der Waals surface area (Å²) in [7, 11) is -1.98. The van der Waals surface area contributed by atoms with Crippen molar-refractivity contribution in [3.63, 3.8) is 0 Å². The zero-order valence-electron chi connectivity index (χ0n) is 11.7. The topological polar surface area (TPSA) is 89.7 Å². The molecule has 0 aromatic heterocycles. The molecule has 1 aliphatic rings. The van der Waals surface area contributed by atoms with Gasteiger partial charge in [-0.25, -0.2) is 12.7 Å². The van der Waals surface area contributed by atoms with Gasteiger partial charge in [-0.1, -0.05) is 13.3 Å². The van der Waals surface area contributed by atoms with Gasteiger partial charge in [-0.05, 0) is 18.8 Å². The number of carbonyl (C=O) groups excluding carboxylic acids is 1. The molecule has 1 fully saturated rings. The number of sulfonamides is 1. The van der Waals surface area contributed by atoms with Gasteiger partial charge in [0.25, 0.3) is 0 Å². The Bertz CT molecular complexity index is 397. The van der Waals surface area contributed by atoms with E-state index in [-0.39, 0.29) is 30.1 Å². The molecule has 0 aromatic rings. The van der Waals surface area contributed by atoms with Gasteiger partial charge in [0, 0.05) is 25.6 Å². The number of methoxy groups -OCH3 is 1. The molecule has 0 saturated carbocycles. The second kappa shape index (κ2) is 7.21. The Morgan fingerprint density at radius 1 is 1.47 bits per heavy atom. The summed E-state index contributed by atoms with van der Waals surface area (Å²) in [5, 5.41) is 0. The van der Waals surface area contributed by atoms with Gasteiger partial charge in [-0.2, -0.15) is 0 Å². The fourth-order valence-corrected chi connectivity index (χ4v) is 3.90. The summed E-state index contributed by atoms with van der Waals surface area (Å²) < 4.78 is 30.3. The van der Waals surface area contributed by atoms with Crippen molar-refractivity contribution < 1.29 is 17.9 Å². The lowest BCUT2D eigenvalue weighted by molar-refractivity contribution is -0.140. The lowest BCUT2D eigenvalue weighted by Crippen LogP contribution is -2.49. The van der Waals surface area contributed by atoms with Gasteiger partial charge < -0.3 is 10.5 Å². The maximum Gasteiger partial charge on any atom is 0.305 e. The Hall–Kier alpha value is -0.660. The average molecular weight is 292 g/mol. The molecule has 0 aliphatic carbocycles. The predicted octanol–water partition coefficient (Wildman–Crippen LogP) is 0.329. The third-order valence-electron chi connectivity index (χ3n) is 3.68. The number of piperidine rings is 1. The Balaban J connectivity index is 2.50. The minimum Gasteiger partial charge on any atom is -0.469 e.